The Morgan fingerprint density at radius 1 is 0.741 bits per heavy atom. The van der Waals surface area contributed by atoms with Gasteiger partial charge in [-0.05, 0) is 85.9 Å². The summed E-state index contributed by atoms with van der Waals surface area (Å²) in [4.78, 5) is 62.2. The topological polar surface area (TPSA) is 145 Å². The smallest absolute Gasteiger partial charge is 0.262 e. The second kappa shape index (κ2) is 14.9. The number of pyridine rings is 2. The first-order valence-electron chi connectivity index (χ1n) is 20.5. The lowest BCUT2D eigenvalue weighted by atomic mass is 9.72. The molecular weight excluding hydrogens is 737 g/mol. The third-order valence-corrected chi connectivity index (χ3v) is 12.9. The molecule has 3 aromatic heterocycles. The van der Waals surface area contributed by atoms with Crippen molar-refractivity contribution in [2.24, 2.45) is 18.9 Å². The number of nitrogens with one attached hydrogen (secondary N) is 1. The van der Waals surface area contributed by atoms with Gasteiger partial charge in [0.25, 0.3) is 11.8 Å². The van der Waals surface area contributed by atoms with Crippen LogP contribution < -0.4 is 15.0 Å². The first kappa shape index (κ1) is 36.7. The van der Waals surface area contributed by atoms with Crippen molar-refractivity contribution in [1.82, 2.24) is 24.8 Å². The van der Waals surface area contributed by atoms with E-state index in [4.69, 9.17) is 14.2 Å². The summed E-state index contributed by atoms with van der Waals surface area (Å²) in [7, 11) is 2.09. The molecule has 4 fully saturated rings. The zero-order valence-corrected chi connectivity index (χ0v) is 32.5. The number of aromatic nitrogens is 3. The molecule has 2 saturated heterocycles. The van der Waals surface area contributed by atoms with Crippen LogP contribution in [-0.4, -0.2) is 93.7 Å². The van der Waals surface area contributed by atoms with Crippen LogP contribution in [0.5, 0.6) is 5.88 Å². The molecule has 2 aliphatic carbocycles. The Morgan fingerprint density at radius 3 is 2.26 bits per heavy atom. The van der Waals surface area contributed by atoms with E-state index in [0.29, 0.717) is 22.9 Å². The molecule has 10 rings (SSSR count). The first-order valence-corrected chi connectivity index (χ1v) is 20.5. The summed E-state index contributed by atoms with van der Waals surface area (Å²) in [6.45, 7) is 2.98. The van der Waals surface area contributed by atoms with Crippen LogP contribution in [0.4, 0.5) is 5.69 Å². The molecule has 0 bridgehead atoms. The SMILES string of the molecule is Cn1c2ccncc2c2ccc(-c3ccc(O[C@H]4C[C@H](OCC[C@H]5C[C@H](CCOC6CN(c7ccc8c(c7)C(=O)N(C7CCC(=O)NC7=O)C8=O)C6)C5)C4)nc3)cc21. The fourth-order valence-corrected chi connectivity index (χ4v) is 9.33. The summed E-state index contributed by atoms with van der Waals surface area (Å²) in [6.07, 6.45) is 12.8. The summed E-state index contributed by atoms with van der Waals surface area (Å²) in [5.41, 5.74) is 5.96. The molecule has 13 heteroatoms. The quantitative estimate of drug-likeness (QED) is 0.145. The lowest BCUT2D eigenvalue weighted by molar-refractivity contribution is -0.136. The van der Waals surface area contributed by atoms with E-state index in [9.17, 15) is 19.2 Å². The highest BCUT2D eigenvalue weighted by Gasteiger charge is 2.45. The summed E-state index contributed by atoms with van der Waals surface area (Å²) in [6, 6.07) is 16.9. The monoisotopic (exact) mass is 782 g/mol. The Morgan fingerprint density at radius 2 is 1.50 bits per heavy atom. The minimum atomic E-state index is -0.963. The summed E-state index contributed by atoms with van der Waals surface area (Å²) >= 11 is 0. The van der Waals surface area contributed by atoms with Gasteiger partial charge in [0.15, 0.2) is 0 Å². The van der Waals surface area contributed by atoms with Crippen molar-refractivity contribution in [3.05, 3.63) is 84.3 Å². The van der Waals surface area contributed by atoms with Crippen LogP contribution in [0.3, 0.4) is 0 Å². The Balaban J connectivity index is 0.593. The number of hydrogen-bond acceptors (Lipinski definition) is 10. The molecule has 1 atom stereocenters. The number of carbonyl (C=O) groups excluding carboxylic acids is 4. The lowest BCUT2D eigenvalue weighted by Crippen LogP contribution is -2.54. The Kier molecular flexibility index (Phi) is 9.44. The number of aryl methyl sites for hydroxylation is 1. The predicted octanol–water partition coefficient (Wildman–Crippen LogP) is 5.83. The van der Waals surface area contributed by atoms with E-state index in [1.54, 1.807) is 12.1 Å². The van der Waals surface area contributed by atoms with Crippen LogP contribution in [0, 0.1) is 11.8 Å². The maximum atomic E-state index is 13.2. The fraction of sp³-hybridized carbons (Fsp3) is 0.422. The van der Waals surface area contributed by atoms with Gasteiger partial charge in [-0.3, -0.25) is 34.4 Å². The van der Waals surface area contributed by atoms with Crippen LogP contribution >= 0.6 is 0 Å². The number of fused-ring (bicyclic) bond motifs is 4. The van der Waals surface area contributed by atoms with Gasteiger partial charge < -0.3 is 23.7 Å². The average molecular weight is 783 g/mol. The molecule has 1 unspecified atom stereocenters. The maximum absolute atomic E-state index is 13.2. The molecular formula is C45H46N6O7. The van der Waals surface area contributed by atoms with Gasteiger partial charge in [-0.1, -0.05) is 12.1 Å². The average Bonchev–Trinajstić information content (AvgIpc) is 3.61. The summed E-state index contributed by atoms with van der Waals surface area (Å²) in [5.74, 6) is 0.106. The van der Waals surface area contributed by atoms with E-state index in [1.165, 1.54) is 29.3 Å². The number of anilines is 1. The number of carbonyl (C=O) groups is 4. The van der Waals surface area contributed by atoms with Gasteiger partial charge in [-0.25, -0.2) is 4.98 Å². The highest BCUT2D eigenvalue weighted by Crippen LogP contribution is 2.39. The largest absolute Gasteiger partial charge is 0.474 e. The van der Waals surface area contributed by atoms with Crippen molar-refractivity contribution >= 4 is 51.1 Å². The standard InChI is InChI=1S/C45H46N6O7/c1-49-38-10-13-46-23-37(38)34-5-2-28(18-40(34)49)29-3-9-42(47-22-29)58-32-20-31(21-32)56-14-11-26-16-27(17-26)12-15-57-33-24-50(25-33)30-4-6-35-36(19-30)45(55)51(44(35)54)39-7-8-41(52)48-43(39)53/h2-6,9-10,13,18-19,22-23,26-27,31-33,39H,7-8,11-12,14-17,20-21,24-25H2,1H3,(H,48,52,53)/t26-,27-,31-,32-,39?. The number of amides is 4. The molecule has 3 aliphatic heterocycles. The number of nitrogens with zero attached hydrogens (tertiary/aromatic N) is 5. The van der Waals surface area contributed by atoms with E-state index in [-0.39, 0.29) is 37.1 Å². The second-order valence-electron chi connectivity index (χ2n) is 16.6. The van der Waals surface area contributed by atoms with E-state index >= 15 is 0 Å². The second-order valence-corrected chi connectivity index (χ2v) is 16.6. The minimum absolute atomic E-state index is 0.0981. The van der Waals surface area contributed by atoms with E-state index in [1.807, 2.05) is 30.7 Å². The highest BCUT2D eigenvalue weighted by atomic mass is 16.5. The molecule has 298 valence electrons. The van der Waals surface area contributed by atoms with E-state index in [2.05, 4.69) is 62.1 Å². The fourth-order valence-electron chi connectivity index (χ4n) is 9.33. The Hall–Kier alpha value is -5.66. The summed E-state index contributed by atoms with van der Waals surface area (Å²) in [5, 5.41) is 4.59. The molecule has 6 heterocycles. The Bertz CT molecular complexity index is 2430. The van der Waals surface area contributed by atoms with Crippen LogP contribution in [0.15, 0.2) is 73.2 Å². The molecule has 5 aromatic rings. The van der Waals surface area contributed by atoms with Gasteiger partial charge in [0.1, 0.15) is 12.1 Å². The molecule has 4 amide bonds. The lowest BCUT2D eigenvalue weighted by Gasteiger charge is -2.41. The summed E-state index contributed by atoms with van der Waals surface area (Å²) < 4.78 is 20.7. The van der Waals surface area contributed by atoms with Gasteiger partial charge in [0, 0.05) is 105 Å². The first-order chi connectivity index (χ1) is 28.3. The van der Waals surface area contributed by atoms with Crippen LogP contribution in [0.25, 0.3) is 32.9 Å². The molecule has 2 aromatic carbocycles. The third kappa shape index (κ3) is 6.79. The number of imide groups is 2. The van der Waals surface area contributed by atoms with Crippen molar-refractivity contribution in [2.75, 3.05) is 31.2 Å². The van der Waals surface area contributed by atoms with Gasteiger partial charge in [0.05, 0.1) is 28.9 Å². The van der Waals surface area contributed by atoms with Crippen LogP contribution in [0.2, 0.25) is 0 Å². The van der Waals surface area contributed by atoms with E-state index < -0.39 is 23.8 Å². The minimum Gasteiger partial charge on any atom is -0.474 e. The van der Waals surface area contributed by atoms with Gasteiger partial charge in [0.2, 0.25) is 17.7 Å². The van der Waals surface area contributed by atoms with Crippen molar-refractivity contribution in [3.8, 4) is 17.0 Å². The van der Waals surface area contributed by atoms with Gasteiger partial charge >= 0.3 is 0 Å². The van der Waals surface area contributed by atoms with Crippen LogP contribution in [0.1, 0.15) is 72.1 Å². The third-order valence-electron chi connectivity index (χ3n) is 12.9. The normalized spacial score (nSPS) is 24.5. The van der Waals surface area contributed by atoms with Crippen molar-refractivity contribution in [3.63, 3.8) is 0 Å². The van der Waals surface area contributed by atoms with Crippen molar-refractivity contribution < 1.29 is 33.4 Å². The zero-order chi connectivity index (χ0) is 39.5. The van der Waals surface area contributed by atoms with E-state index in [0.717, 1.165) is 85.0 Å². The maximum Gasteiger partial charge on any atom is 0.262 e. The molecule has 5 aliphatic rings. The van der Waals surface area contributed by atoms with Gasteiger partial charge in [-0.15, -0.1) is 0 Å². The molecule has 2 saturated carbocycles. The number of piperidine rings is 1. The molecule has 1 N–H and O–H groups in total. The van der Waals surface area contributed by atoms with Crippen molar-refractivity contribution in [2.45, 2.75) is 75.7 Å². The molecule has 58 heavy (non-hydrogen) atoms. The van der Waals surface area contributed by atoms with Gasteiger partial charge in [-0.2, -0.15) is 0 Å². The number of ether oxygens (including phenoxy) is 3. The number of benzene rings is 2. The molecule has 13 nitrogen and oxygen atoms in total. The number of hydrogen-bond donors (Lipinski definition) is 1. The zero-order valence-electron chi connectivity index (χ0n) is 32.5. The molecule has 0 radical (unpaired) electrons. The van der Waals surface area contributed by atoms with Crippen LogP contribution in [-0.2, 0) is 26.1 Å². The number of rotatable bonds is 13. The predicted molar refractivity (Wildman–Crippen MR) is 215 cm³/mol. The van der Waals surface area contributed by atoms with Crippen molar-refractivity contribution in [1.29, 1.82) is 0 Å². The molecule has 0 spiro atoms. The highest BCUT2D eigenvalue weighted by molar-refractivity contribution is 6.23. The Labute approximate surface area is 335 Å².